The van der Waals surface area contributed by atoms with Crippen molar-refractivity contribution >= 4 is 17.5 Å². The summed E-state index contributed by atoms with van der Waals surface area (Å²) in [7, 11) is 0. The van der Waals surface area contributed by atoms with E-state index >= 15 is 0 Å². The van der Waals surface area contributed by atoms with E-state index < -0.39 is 0 Å². The molecular formula is C16H21ClN2O2. The maximum absolute atomic E-state index is 12.9. The number of amides is 1. The van der Waals surface area contributed by atoms with Gasteiger partial charge in [-0.15, -0.1) is 0 Å². The van der Waals surface area contributed by atoms with Crippen LogP contribution < -0.4 is 0 Å². The van der Waals surface area contributed by atoms with Crippen LogP contribution in [0.25, 0.3) is 0 Å². The fourth-order valence-corrected chi connectivity index (χ4v) is 3.78. The monoisotopic (exact) mass is 308 g/mol. The van der Waals surface area contributed by atoms with Crippen molar-refractivity contribution in [2.45, 2.75) is 63.6 Å². The third kappa shape index (κ3) is 2.79. The van der Waals surface area contributed by atoms with E-state index in [2.05, 4.69) is 4.98 Å². The van der Waals surface area contributed by atoms with Crippen LogP contribution in [0.5, 0.6) is 0 Å². The Balaban J connectivity index is 1.89. The van der Waals surface area contributed by atoms with Gasteiger partial charge >= 0.3 is 0 Å². The van der Waals surface area contributed by atoms with Gasteiger partial charge in [0.05, 0.1) is 6.10 Å². The molecule has 0 radical (unpaired) electrons. The summed E-state index contributed by atoms with van der Waals surface area (Å²) in [6, 6.07) is 3.84. The van der Waals surface area contributed by atoms with E-state index in [9.17, 15) is 9.90 Å². The lowest BCUT2D eigenvalue weighted by molar-refractivity contribution is 0.0286. The van der Waals surface area contributed by atoms with E-state index in [1.807, 2.05) is 24.8 Å². The van der Waals surface area contributed by atoms with E-state index in [1.54, 1.807) is 6.07 Å². The smallest absolute Gasteiger partial charge is 0.254 e. The molecule has 4 nitrogen and oxygen atoms in total. The van der Waals surface area contributed by atoms with Gasteiger partial charge in [0.25, 0.3) is 5.91 Å². The molecule has 2 bridgehead atoms. The third-order valence-electron chi connectivity index (χ3n) is 4.60. The molecule has 0 aromatic carbocycles. The molecule has 2 atom stereocenters. The Morgan fingerprint density at radius 2 is 1.95 bits per heavy atom. The first kappa shape index (κ1) is 14.8. The molecule has 1 amide bonds. The Bertz CT molecular complexity index is 547. The van der Waals surface area contributed by atoms with Crippen LogP contribution in [0.2, 0.25) is 5.15 Å². The number of carbonyl (C=O) groups excluding carboxylic acids is 1. The van der Waals surface area contributed by atoms with Crippen molar-refractivity contribution in [3.63, 3.8) is 0 Å². The molecule has 3 rings (SSSR count). The van der Waals surface area contributed by atoms with Crippen molar-refractivity contribution < 1.29 is 9.90 Å². The lowest BCUT2D eigenvalue weighted by Crippen LogP contribution is -2.48. The molecule has 1 N–H and O–H groups in total. The van der Waals surface area contributed by atoms with Gasteiger partial charge in [0, 0.05) is 23.3 Å². The van der Waals surface area contributed by atoms with Crippen LogP contribution in [0.1, 0.15) is 61.5 Å². The van der Waals surface area contributed by atoms with E-state index in [0.717, 1.165) is 18.5 Å². The van der Waals surface area contributed by atoms with Crippen LogP contribution in [0.15, 0.2) is 12.1 Å². The molecule has 2 fully saturated rings. The van der Waals surface area contributed by atoms with Crippen LogP contribution in [-0.2, 0) is 0 Å². The number of nitrogens with zero attached hydrogens (tertiary/aromatic N) is 2. The number of carbonyl (C=O) groups is 1. The average molecular weight is 309 g/mol. The maximum atomic E-state index is 12.9. The van der Waals surface area contributed by atoms with Gasteiger partial charge in [-0.05, 0) is 43.7 Å². The second-order valence-corrected chi connectivity index (χ2v) is 6.87. The minimum atomic E-state index is -0.265. The number of hydrogen-bond donors (Lipinski definition) is 1. The molecule has 0 spiro atoms. The molecule has 2 saturated heterocycles. The fraction of sp³-hybridized carbons (Fsp3) is 0.625. The minimum absolute atomic E-state index is 0.0283. The van der Waals surface area contributed by atoms with Crippen LogP contribution in [0.3, 0.4) is 0 Å². The van der Waals surface area contributed by atoms with Crippen molar-refractivity contribution in [3.8, 4) is 0 Å². The summed E-state index contributed by atoms with van der Waals surface area (Å²) in [5, 5.41) is 10.2. The first-order valence-electron chi connectivity index (χ1n) is 7.64. The zero-order valence-electron chi connectivity index (χ0n) is 12.4. The Morgan fingerprint density at radius 3 is 2.52 bits per heavy atom. The molecule has 2 aliphatic rings. The second-order valence-electron chi connectivity index (χ2n) is 6.48. The van der Waals surface area contributed by atoms with Crippen molar-refractivity contribution in [2.75, 3.05) is 0 Å². The van der Waals surface area contributed by atoms with Gasteiger partial charge in [0.2, 0.25) is 0 Å². The zero-order chi connectivity index (χ0) is 15.1. The van der Waals surface area contributed by atoms with Crippen molar-refractivity contribution in [1.82, 2.24) is 9.88 Å². The van der Waals surface area contributed by atoms with Gasteiger partial charge < -0.3 is 10.0 Å². The number of aliphatic hydroxyl groups is 1. The highest BCUT2D eigenvalue weighted by molar-refractivity contribution is 6.29. The lowest BCUT2D eigenvalue weighted by Gasteiger charge is -2.37. The highest BCUT2D eigenvalue weighted by Gasteiger charge is 2.43. The summed E-state index contributed by atoms with van der Waals surface area (Å²) >= 11 is 6.07. The van der Waals surface area contributed by atoms with Crippen LogP contribution in [0, 0.1) is 0 Å². The number of pyridine rings is 1. The number of aromatic nitrogens is 1. The number of piperidine rings is 1. The third-order valence-corrected chi connectivity index (χ3v) is 4.79. The van der Waals surface area contributed by atoms with E-state index in [0.29, 0.717) is 23.6 Å². The summed E-state index contributed by atoms with van der Waals surface area (Å²) in [6.45, 7) is 4.07. The molecule has 2 unspecified atom stereocenters. The molecule has 3 heterocycles. The van der Waals surface area contributed by atoms with Crippen molar-refractivity contribution in [2.24, 2.45) is 0 Å². The van der Waals surface area contributed by atoms with Gasteiger partial charge in [0.1, 0.15) is 5.15 Å². The molecular weight excluding hydrogens is 288 g/mol. The van der Waals surface area contributed by atoms with Crippen molar-refractivity contribution in [1.29, 1.82) is 0 Å². The first-order chi connectivity index (χ1) is 9.95. The van der Waals surface area contributed by atoms with Crippen molar-refractivity contribution in [3.05, 3.63) is 28.5 Å². The number of aliphatic hydroxyl groups excluding tert-OH is 1. The summed E-state index contributed by atoms with van der Waals surface area (Å²) in [5.41, 5.74) is 1.46. The number of rotatable bonds is 2. The highest BCUT2D eigenvalue weighted by Crippen LogP contribution is 2.37. The van der Waals surface area contributed by atoms with Gasteiger partial charge in [0.15, 0.2) is 0 Å². The number of halogens is 1. The number of hydrogen-bond acceptors (Lipinski definition) is 3. The van der Waals surface area contributed by atoms with E-state index in [-0.39, 0.29) is 30.0 Å². The van der Waals surface area contributed by atoms with Crippen LogP contribution in [-0.4, -0.2) is 39.1 Å². The molecule has 2 aliphatic heterocycles. The molecule has 0 aliphatic carbocycles. The predicted molar refractivity (Wildman–Crippen MR) is 81.6 cm³/mol. The quantitative estimate of drug-likeness (QED) is 0.855. The van der Waals surface area contributed by atoms with Crippen LogP contribution >= 0.6 is 11.6 Å². The Morgan fingerprint density at radius 1 is 1.33 bits per heavy atom. The van der Waals surface area contributed by atoms with Crippen LogP contribution in [0.4, 0.5) is 0 Å². The Labute approximate surface area is 130 Å². The van der Waals surface area contributed by atoms with Gasteiger partial charge in [-0.3, -0.25) is 4.79 Å². The fourth-order valence-electron chi connectivity index (χ4n) is 3.57. The SMILES string of the molecule is CC(C)c1cc(C(=O)N2C3CCC2CC(O)C3)cc(Cl)n1. The molecule has 1 aromatic rings. The highest BCUT2D eigenvalue weighted by atomic mass is 35.5. The maximum Gasteiger partial charge on any atom is 0.254 e. The standard InChI is InChI=1S/C16H21ClN2O2/c1-9(2)14-5-10(6-15(17)18-14)16(21)19-11-3-4-12(19)8-13(20)7-11/h5-6,9,11-13,20H,3-4,7-8H2,1-2H3. The molecule has 21 heavy (non-hydrogen) atoms. The first-order valence-corrected chi connectivity index (χ1v) is 8.01. The zero-order valence-corrected chi connectivity index (χ0v) is 13.2. The van der Waals surface area contributed by atoms with Gasteiger partial charge in [-0.2, -0.15) is 0 Å². The molecule has 114 valence electrons. The number of fused-ring (bicyclic) bond motifs is 2. The summed E-state index contributed by atoms with van der Waals surface area (Å²) in [4.78, 5) is 19.1. The summed E-state index contributed by atoms with van der Waals surface area (Å²) in [6.07, 6.45) is 3.10. The largest absolute Gasteiger partial charge is 0.393 e. The predicted octanol–water partition coefficient (Wildman–Crippen LogP) is 2.99. The summed E-state index contributed by atoms with van der Waals surface area (Å²) < 4.78 is 0. The van der Waals surface area contributed by atoms with E-state index in [4.69, 9.17) is 11.6 Å². The summed E-state index contributed by atoms with van der Waals surface area (Å²) in [5.74, 6) is 0.260. The Kier molecular flexibility index (Phi) is 3.93. The second kappa shape index (κ2) is 5.58. The normalized spacial score (nSPS) is 28.2. The molecule has 0 saturated carbocycles. The molecule has 5 heteroatoms. The van der Waals surface area contributed by atoms with Gasteiger partial charge in [-0.1, -0.05) is 25.4 Å². The average Bonchev–Trinajstić information content (AvgIpc) is 2.69. The topological polar surface area (TPSA) is 53.4 Å². The lowest BCUT2D eigenvalue weighted by atomic mass is 9.98. The Hall–Kier alpha value is -1.13. The van der Waals surface area contributed by atoms with E-state index in [1.165, 1.54) is 0 Å². The molecule has 1 aromatic heterocycles. The minimum Gasteiger partial charge on any atom is -0.393 e. The van der Waals surface area contributed by atoms with Gasteiger partial charge in [-0.25, -0.2) is 4.98 Å².